The maximum atomic E-state index is 12.1. The summed E-state index contributed by atoms with van der Waals surface area (Å²) in [5.41, 5.74) is 21.6. The molecule has 2 heteroatoms. The fourth-order valence-electron chi connectivity index (χ4n) is 8.74. The fourth-order valence-corrected chi connectivity index (χ4v) is 8.74. The fraction of sp³-hybridized carbons (Fsp3) is 0.673. The maximum Gasteiger partial charge on any atom is 0.215 e. The van der Waals surface area contributed by atoms with E-state index >= 15 is 0 Å². The molecule has 0 N–H and O–H groups in total. The van der Waals surface area contributed by atoms with Crippen LogP contribution in [0.25, 0.3) is 16.9 Å². The molecule has 1 aliphatic rings. The summed E-state index contributed by atoms with van der Waals surface area (Å²) in [4.78, 5) is 0. The number of nitrogens with zero attached hydrogens (tertiary/aromatic N) is 2. The maximum absolute atomic E-state index is 12.1. The molecule has 1 heterocycles. The van der Waals surface area contributed by atoms with E-state index in [9.17, 15) is 5.53 Å². The van der Waals surface area contributed by atoms with Gasteiger partial charge in [0, 0.05) is 16.7 Å². The first-order valence-electron chi connectivity index (χ1n) is 25.0. The van der Waals surface area contributed by atoms with E-state index in [2.05, 4.69) is 88.4 Å². The second kappa shape index (κ2) is 32.2. The van der Waals surface area contributed by atoms with Crippen LogP contribution in [0.4, 0.5) is 0 Å². The first-order valence-corrected chi connectivity index (χ1v) is 25.0. The lowest BCUT2D eigenvalue weighted by Gasteiger charge is -2.11. The highest BCUT2D eigenvalue weighted by atomic mass is 15.2. The van der Waals surface area contributed by atoms with E-state index in [1.807, 2.05) is 0 Å². The zero-order chi connectivity index (χ0) is 40.6. The van der Waals surface area contributed by atoms with E-state index < -0.39 is 0 Å². The van der Waals surface area contributed by atoms with Gasteiger partial charge in [-0.3, -0.25) is 0 Å². The molecule has 2 aromatic carbocycles. The Bertz CT molecular complexity index is 1420. The summed E-state index contributed by atoms with van der Waals surface area (Å²) < 4.78 is 1.55. The minimum atomic E-state index is 0.949. The summed E-state index contributed by atoms with van der Waals surface area (Å²) in [5, 5.41) is 0. The van der Waals surface area contributed by atoms with E-state index in [1.54, 1.807) is 4.70 Å². The molecule has 0 radical (unpaired) electrons. The minimum absolute atomic E-state index is 0.949. The minimum Gasteiger partial charge on any atom is -0.493 e. The average Bonchev–Trinajstić information content (AvgIpc) is 3.50. The summed E-state index contributed by atoms with van der Waals surface area (Å²) in [7, 11) is 0. The van der Waals surface area contributed by atoms with Crippen molar-refractivity contribution in [3.05, 3.63) is 99.6 Å². The van der Waals surface area contributed by atoms with Crippen LogP contribution in [0.15, 0.2) is 71.8 Å². The van der Waals surface area contributed by atoms with E-state index in [1.165, 1.54) is 196 Å². The first-order chi connectivity index (χ1) is 28.1. The second-order valence-corrected chi connectivity index (χ2v) is 17.6. The van der Waals surface area contributed by atoms with Crippen LogP contribution >= 0.6 is 0 Å². The van der Waals surface area contributed by atoms with Crippen LogP contribution in [0.1, 0.15) is 249 Å². The largest absolute Gasteiger partial charge is 0.493 e. The summed E-state index contributed by atoms with van der Waals surface area (Å²) in [6.07, 6.45) is 48.4. The van der Waals surface area contributed by atoms with Gasteiger partial charge in [0.05, 0.1) is 5.57 Å². The Labute approximate surface area is 354 Å². The third-order valence-electron chi connectivity index (χ3n) is 12.4. The summed E-state index contributed by atoms with van der Waals surface area (Å²) in [5.74, 6) is 0. The Kier molecular flexibility index (Phi) is 27.4. The van der Waals surface area contributed by atoms with E-state index in [0.29, 0.717) is 0 Å². The van der Waals surface area contributed by atoms with Crippen molar-refractivity contribution in [1.29, 1.82) is 0 Å². The quantitative estimate of drug-likeness (QED) is 0.0486. The third kappa shape index (κ3) is 19.7. The molecule has 0 saturated carbocycles. The molecule has 318 valence electrons. The molecular formula is C55H88N2. The molecule has 0 aliphatic carbocycles. The summed E-state index contributed by atoms with van der Waals surface area (Å²) in [6, 6.07) is 18.2. The van der Waals surface area contributed by atoms with Gasteiger partial charge in [0.2, 0.25) is 11.4 Å². The molecule has 0 spiro atoms. The van der Waals surface area contributed by atoms with Gasteiger partial charge in [0.25, 0.3) is 0 Å². The van der Waals surface area contributed by atoms with Gasteiger partial charge in [-0.25, -0.2) is 4.70 Å². The van der Waals surface area contributed by atoms with Gasteiger partial charge in [-0.05, 0) is 86.8 Å². The van der Waals surface area contributed by atoms with Crippen molar-refractivity contribution in [3.8, 4) is 0 Å². The standard InChI is InChI=1S/C55H88N2/c1-5-9-13-15-17-18-19-20-21-22-23-24-25-26-27-28-30-31-34-37-48-43-45-50(46-44-48)54-53(42-35-32-29-16-14-10-6-2)52(41-12-8-4)55(57(54)56)51-40-36-39-49(47-51)38-33-11-7-3/h35-36,39-40,42-47H,5-34,37-38,41H2,1-4H3. The first kappa shape index (κ1) is 48.6. The SMILES string of the molecule is CCCCCCCC=CC1=C(c2ccc(CCCCCCCCCCCCCCCCCCCCC)cc2)[N+](=[N-])C(c2cccc(CCCCC)c2)=C1CCCC. The second-order valence-electron chi connectivity index (χ2n) is 17.6. The lowest BCUT2D eigenvalue weighted by molar-refractivity contribution is -0.345. The highest BCUT2D eigenvalue weighted by molar-refractivity contribution is 5.84. The Morgan fingerprint density at radius 2 is 0.877 bits per heavy atom. The molecule has 1 aliphatic heterocycles. The monoisotopic (exact) mass is 777 g/mol. The number of rotatable bonds is 36. The highest BCUT2D eigenvalue weighted by Crippen LogP contribution is 2.43. The molecule has 57 heavy (non-hydrogen) atoms. The molecule has 2 nitrogen and oxygen atoms in total. The van der Waals surface area contributed by atoms with Gasteiger partial charge in [0.15, 0.2) is 0 Å². The smallest absolute Gasteiger partial charge is 0.215 e. The van der Waals surface area contributed by atoms with Crippen LogP contribution in [0.3, 0.4) is 0 Å². The van der Waals surface area contributed by atoms with E-state index in [0.717, 1.165) is 61.0 Å². The van der Waals surface area contributed by atoms with E-state index in [-0.39, 0.29) is 0 Å². The topological polar surface area (TPSA) is 25.3 Å². The predicted molar refractivity (Wildman–Crippen MR) is 253 cm³/mol. The van der Waals surface area contributed by atoms with Crippen LogP contribution in [0.2, 0.25) is 0 Å². The number of hydrogen-bond donors (Lipinski definition) is 0. The molecular weight excluding hydrogens is 689 g/mol. The number of allylic oxidation sites excluding steroid dienone is 4. The van der Waals surface area contributed by atoms with Crippen molar-refractivity contribution in [2.24, 2.45) is 0 Å². The molecule has 0 fully saturated rings. The van der Waals surface area contributed by atoms with Crippen molar-refractivity contribution < 1.29 is 4.70 Å². The van der Waals surface area contributed by atoms with E-state index in [4.69, 9.17) is 0 Å². The van der Waals surface area contributed by atoms with Crippen LogP contribution in [-0.2, 0) is 12.8 Å². The summed E-state index contributed by atoms with van der Waals surface area (Å²) in [6.45, 7) is 9.13. The Hall–Kier alpha value is -2.74. The lowest BCUT2D eigenvalue weighted by atomic mass is 9.94. The molecule has 0 atom stereocenters. The lowest BCUT2D eigenvalue weighted by Crippen LogP contribution is -2.03. The molecule has 2 aromatic rings. The molecule has 3 rings (SSSR count). The molecule has 0 amide bonds. The van der Waals surface area contributed by atoms with Crippen molar-refractivity contribution >= 4 is 11.4 Å². The number of hydrogen-bond acceptors (Lipinski definition) is 0. The van der Waals surface area contributed by atoms with Crippen molar-refractivity contribution in [3.63, 3.8) is 0 Å². The zero-order valence-corrected chi connectivity index (χ0v) is 38.0. The normalized spacial score (nSPS) is 13.3. The van der Waals surface area contributed by atoms with Gasteiger partial charge in [-0.1, -0.05) is 225 Å². The molecule has 0 bridgehead atoms. The molecule has 0 unspecified atom stereocenters. The van der Waals surface area contributed by atoms with Gasteiger partial charge >= 0.3 is 0 Å². The molecule has 0 aromatic heterocycles. The van der Waals surface area contributed by atoms with Gasteiger partial charge in [0.1, 0.15) is 0 Å². The summed E-state index contributed by atoms with van der Waals surface area (Å²) >= 11 is 0. The van der Waals surface area contributed by atoms with Crippen LogP contribution in [0, 0.1) is 0 Å². The molecule has 0 saturated heterocycles. The number of aryl methyl sites for hydroxylation is 2. The van der Waals surface area contributed by atoms with Crippen molar-refractivity contribution in [1.82, 2.24) is 0 Å². The zero-order valence-electron chi connectivity index (χ0n) is 38.0. The van der Waals surface area contributed by atoms with Gasteiger partial charge in [-0.2, -0.15) is 0 Å². The number of unbranched alkanes of at least 4 members (excludes halogenated alkanes) is 26. The Morgan fingerprint density at radius 3 is 1.42 bits per heavy atom. The predicted octanol–water partition coefficient (Wildman–Crippen LogP) is 18.7. The van der Waals surface area contributed by atoms with Gasteiger partial charge < -0.3 is 5.53 Å². The average molecular weight is 777 g/mol. The Morgan fingerprint density at radius 1 is 0.421 bits per heavy atom. The van der Waals surface area contributed by atoms with Crippen LogP contribution < -0.4 is 0 Å². The Balaban J connectivity index is 1.50. The van der Waals surface area contributed by atoms with Crippen LogP contribution in [-0.4, -0.2) is 4.70 Å². The third-order valence-corrected chi connectivity index (χ3v) is 12.4. The number of benzene rings is 2. The van der Waals surface area contributed by atoms with Gasteiger partial charge in [-0.15, -0.1) is 0 Å². The highest BCUT2D eigenvalue weighted by Gasteiger charge is 2.34. The van der Waals surface area contributed by atoms with Crippen molar-refractivity contribution in [2.75, 3.05) is 0 Å². The van der Waals surface area contributed by atoms with Crippen LogP contribution in [0.5, 0.6) is 0 Å². The van der Waals surface area contributed by atoms with Crippen molar-refractivity contribution in [2.45, 2.75) is 240 Å².